The van der Waals surface area contributed by atoms with Gasteiger partial charge in [-0.05, 0) is 45.0 Å². The van der Waals surface area contributed by atoms with Crippen LogP contribution in [0.25, 0.3) is 0 Å². The van der Waals surface area contributed by atoms with Crippen LogP contribution in [0.15, 0.2) is 45.9 Å². The molecule has 0 spiro atoms. The van der Waals surface area contributed by atoms with Gasteiger partial charge in [0.05, 0.1) is 24.2 Å². The molecule has 0 saturated carbocycles. The van der Waals surface area contributed by atoms with Crippen molar-refractivity contribution in [1.29, 1.82) is 0 Å². The molecule has 1 aliphatic heterocycles. The third-order valence-electron chi connectivity index (χ3n) is 5.44. The lowest BCUT2D eigenvalue weighted by atomic mass is 10.2. The van der Waals surface area contributed by atoms with Crippen molar-refractivity contribution < 1.29 is 27.1 Å². The number of nitrogens with one attached hydrogen (secondary N) is 1. The predicted octanol–water partition coefficient (Wildman–Crippen LogP) is 2.88. The fraction of sp³-hybridized carbons (Fsp3) is 0.364. The SMILES string of the molecule is Cc1nn(C(C)C(=O)Nc2ccc3c(c2)OCCO3)c(C)c1S(=O)(=O)N(C)Cc1ccco1. The van der Waals surface area contributed by atoms with E-state index < -0.39 is 16.1 Å². The second-order valence-corrected chi connectivity index (χ2v) is 9.79. The van der Waals surface area contributed by atoms with Gasteiger partial charge in [0.2, 0.25) is 15.9 Å². The van der Waals surface area contributed by atoms with Crippen LogP contribution in [0.5, 0.6) is 11.5 Å². The highest BCUT2D eigenvalue weighted by Gasteiger charge is 2.31. The number of aromatic nitrogens is 2. The number of benzene rings is 1. The summed E-state index contributed by atoms with van der Waals surface area (Å²) in [7, 11) is -2.38. The van der Waals surface area contributed by atoms with Gasteiger partial charge in [-0.25, -0.2) is 8.42 Å². The second-order valence-electron chi connectivity index (χ2n) is 7.81. The summed E-state index contributed by atoms with van der Waals surface area (Å²) in [5.41, 5.74) is 1.24. The monoisotopic (exact) mass is 474 g/mol. The number of furan rings is 1. The van der Waals surface area contributed by atoms with E-state index in [0.29, 0.717) is 47.5 Å². The lowest BCUT2D eigenvalue weighted by Crippen LogP contribution is -2.28. The standard InChI is InChI=1S/C22H26N4O6S/c1-14-21(33(28,29)25(4)13-18-6-5-9-30-18)15(2)26(24-14)16(3)22(27)23-17-7-8-19-20(12-17)32-11-10-31-19/h5-9,12,16H,10-11,13H2,1-4H3,(H,23,27). The van der Waals surface area contributed by atoms with Crippen LogP contribution in [0.1, 0.15) is 30.1 Å². The molecule has 0 saturated heterocycles. The van der Waals surface area contributed by atoms with E-state index in [1.54, 1.807) is 51.1 Å². The number of nitrogens with zero attached hydrogens (tertiary/aromatic N) is 3. The minimum absolute atomic E-state index is 0.0792. The fourth-order valence-electron chi connectivity index (χ4n) is 3.74. The molecule has 3 heterocycles. The molecule has 10 nitrogen and oxygen atoms in total. The van der Waals surface area contributed by atoms with Crippen molar-refractivity contribution in [3.8, 4) is 11.5 Å². The van der Waals surface area contributed by atoms with Crippen molar-refractivity contribution in [2.45, 2.75) is 38.3 Å². The molecule has 1 aliphatic rings. The first-order valence-corrected chi connectivity index (χ1v) is 11.9. The summed E-state index contributed by atoms with van der Waals surface area (Å²) in [6.45, 7) is 5.92. The van der Waals surface area contributed by atoms with Crippen molar-refractivity contribution in [2.24, 2.45) is 0 Å². The predicted molar refractivity (Wildman–Crippen MR) is 120 cm³/mol. The number of hydrogen-bond acceptors (Lipinski definition) is 7. The van der Waals surface area contributed by atoms with Gasteiger partial charge < -0.3 is 19.2 Å². The van der Waals surface area contributed by atoms with E-state index in [0.717, 1.165) is 0 Å². The molecule has 0 radical (unpaired) electrons. The zero-order valence-electron chi connectivity index (χ0n) is 18.9. The van der Waals surface area contributed by atoms with E-state index in [2.05, 4.69) is 10.4 Å². The third-order valence-corrected chi connectivity index (χ3v) is 7.50. The maximum Gasteiger partial charge on any atom is 0.248 e. The van der Waals surface area contributed by atoms with Crippen molar-refractivity contribution in [2.75, 3.05) is 25.6 Å². The molecular formula is C22H26N4O6S. The van der Waals surface area contributed by atoms with Gasteiger partial charge in [0, 0.05) is 18.8 Å². The molecule has 1 unspecified atom stereocenters. The molecule has 1 atom stereocenters. The van der Waals surface area contributed by atoms with Crippen LogP contribution in [0.2, 0.25) is 0 Å². The average Bonchev–Trinajstić information content (AvgIpc) is 3.40. The van der Waals surface area contributed by atoms with Crippen LogP contribution in [0.4, 0.5) is 5.69 Å². The first-order valence-electron chi connectivity index (χ1n) is 10.4. The van der Waals surface area contributed by atoms with Crippen molar-refractivity contribution >= 4 is 21.6 Å². The Labute approximate surface area is 192 Å². The van der Waals surface area contributed by atoms with Crippen molar-refractivity contribution in [3.05, 3.63) is 53.7 Å². The van der Waals surface area contributed by atoms with Gasteiger partial charge in [-0.15, -0.1) is 0 Å². The van der Waals surface area contributed by atoms with Gasteiger partial charge in [-0.2, -0.15) is 9.40 Å². The normalized spacial score (nSPS) is 14.3. The van der Waals surface area contributed by atoms with Crippen LogP contribution in [0, 0.1) is 13.8 Å². The highest BCUT2D eigenvalue weighted by Crippen LogP contribution is 2.33. The number of aryl methyl sites for hydroxylation is 1. The van der Waals surface area contributed by atoms with Crippen LogP contribution in [-0.4, -0.2) is 48.7 Å². The Morgan fingerprint density at radius 2 is 1.94 bits per heavy atom. The topological polar surface area (TPSA) is 116 Å². The molecule has 11 heteroatoms. The molecule has 1 N–H and O–H groups in total. The van der Waals surface area contributed by atoms with Gasteiger partial charge in [0.25, 0.3) is 0 Å². The first kappa shape index (κ1) is 22.9. The number of hydrogen-bond donors (Lipinski definition) is 1. The summed E-state index contributed by atoms with van der Waals surface area (Å²) in [6.07, 6.45) is 1.49. The molecular weight excluding hydrogens is 448 g/mol. The van der Waals surface area contributed by atoms with E-state index in [1.807, 2.05) is 0 Å². The Morgan fingerprint density at radius 3 is 2.64 bits per heavy atom. The first-order chi connectivity index (χ1) is 15.7. The number of carbonyl (C=O) groups excluding carboxylic acids is 1. The number of ether oxygens (including phenoxy) is 2. The third kappa shape index (κ3) is 4.46. The molecule has 0 fully saturated rings. The lowest BCUT2D eigenvalue weighted by Gasteiger charge is -2.20. The number of carbonyl (C=O) groups is 1. The minimum Gasteiger partial charge on any atom is -0.486 e. The molecule has 4 rings (SSSR count). The van der Waals surface area contributed by atoms with Gasteiger partial charge in [0.15, 0.2) is 11.5 Å². The highest BCUT2D eigenvalue weighted by atomic mass is 32.2. The number of amides is 1. The zero-order chi connectivity index (χ0) is 23.8. The second kappa shape index (κ2) is 8.91. The summed E-state index contributed by atoms with van der Waals surface area (Å²) in [5, 5.41) is 7.20. The van der Waals surface area contributed by atoms with Gasteiger partial charge in [0.1, 0.15) is 29.9 Å². The minimum atomic E-state index is -3.86. The van der Waals surface area contributed by atoms with Gasteiger partial charge in [-0.1, -0.05) is 0 Å². The number of sulfonamides is 1. The van der Waals surface area contributed by atoms with E-state index >= 15 is 0 Å². The molecule has 1 amide bonds. The number of fused-ring (bicyclic) bond motifs is 1. The maximum absolute atomic E-state index is 13.2. The van der Waals surface area contributed by atoms with Crippen molar-refractivity contribution in [3.63, 3.8) is 0 Å². The van der Waals surface area contributed by atoms with Crippen molar-refractivity contribution in [1.82, 2.24) is 14.1 Å². The molecule has 0 aliphatic carbocycles. The summed E-state index contributed by atoms with van der Waals surface area (Å²) in [6, 6.07) is 7.80. The van der Waals surface area contributed by atoms with Gasteiger partial charge >= 0.3 is 0 Å². The smallest absolute Gasteiger partial charge is 0.248 e. The number of anilines is 1. The molecule has 3 aromatic rings. The summed E-state index contributed by atoms with van der Waals surface area (Å²) < 4.78 is 45.4. The van der Waals surface area contributed by atoms with Crippen LogP contribution in [0.3, 0.4) is 0 Å². The quantitative estimate of drug-likeness (QED) is 0.560. The fourth-order valence-corrected chi connectivity index (χ4v) is 5.23. The van der Waals surface area contributed by atoms with E-state index in [1.165, 1.54) is 22.3 Å². The average molecular weight is 475 g/mol. The Morgan fingerprint density at radius 1 is 1.21 bits per heavy atom. The zero-order valence-corrected chi connectivity index (χ0v) is 19.7. The Balaban J connectivity index is 1.54. The van der Waals surface area contributed by atoms with E-state index in [9.17, 15) is 13.2 Å². The molecule has 0 bridgehead atoms. The maximum atomic E-state index is 13.2. The van der Waals surface area contributed by atoms with E-state index in [-0.39, 0.29) is 17.3 Å². The summed E-state index contributed by atoms with van der Waals surface area (Å²) >= 11 is 0. The summed E-state index contributed by atoms with van der Waals surface area (Å²) in [5.74, 6) is 1.37. The Bertz CT molecular complexity index is 1270. The molecule has 1 aromatic carbocycles. The van der Waals surface area contributed by atoms with E-state index in [4.69, 9.17) is 13.9 Å². The molecule has 2 aromatic heterocycles. The lowest BCUT2D eigenvalue weighted by molar-refractivity contribution is -0.119. The Kier molecular flexibility index (Phi) is 6.17. The summed E-state index contributed by atoms with van der Waals surface area (Å²) in [4.78, 5) is 13.0. The molecule has 176 valence electrons. The largest absolute Gasteiger partial charge is 0.486 e. The molecule has 33 heavy (non-hydrogen) atoms. The highest BCUT2D eigenvalue weighted by molar-refractivity contribution is 7.89. The Hall–Kier alpha value is -3.31. The number of rotatable bonds is 7. The van der Waals surface area contributed by atoms with Crippen LogP contribution < -0.4 is 14.8 Å². The van der Waals surface area contributed by atoms with Crippen LogP contribution >= 0.6 is 0 Å². The van der Waals surface area contributed by atoms with Gasteiger partial charge in [-0.3, -0.25) is 9.48 Å². The van der Waals surface area contributed by atoms with Crippen LogP contribution in [-0.2, 0) is 21.4 Å².